The van der Waals surface area contributed by atoms with Crippen LogP contribution in [-0.2, 0) is 29.2 Å². The Morgan fingerprint density at radius 2 is 1.68 bits per heavy atom. The maximum absolute atomic E-state index is 12.0. The Kier molecular flexibility index (Phi) is 7.54. The van der Waals surface area contributed by atoms with Gasteiger partial charge in [0.05, 0.1) is 29.1 Å². The lowest BCUT2D eigenvalue weighted by Crippen LogP contribution is -2.42. The minimum absolute atomic E-state index is 0.0227. The van der Waals surface area contributed by atoms with Crippen molar-refractivity contribution in [3.05, 3.63) is 0 Å². The summed E-state index contributed by atoms with van der Waals surface area (Å²) in [5.41, 5.74) is 0. The molecular formula is C15H26ClNO6S2. The van der Waals surface area contributed by atoms with Crippen LogP contribution in [0.3, 0.4) is 0 Å². The highest BCUT2D eigenvalue weighted by molar-refractivity contribution is 7.91. The van der Waals surface area contributed by atoms with E-state index in [2.05, 4.69) is 0 Å². The van der Waals surface area contributed by atoms with Gasteiger partial charge < -0.3 is 9.64 Å². The number of hydrogen-bond acceptors (Lipinski definition) is 6. The number of alkyl halides is 1. The van der Waals surface area contributed by atoms with Gasteiger partial charge in [0.1, 0.15) is 5.88 Å². The zero-order valence-corrected chi connectivity index (χ0v) is 16.6. The Labute approximate surface area is 154 Å². The molecule has 0 saturated carbocycles. The largest absolute Gasteiger partial charge is 0.377 e. The van der Waals surface area contributed by atoms with Gasteiger partial charge in [0.25, 0.3) is 0 Å². The summed E-state index contributed by atoms with van der Waals surface area (Å²) in [4.78, 5) is 13.6. The van der Waals surface area contributed by atoms with Crippen LogP contribution in [-0.4, -0.2) is 81.8 Å². The molecule has 2 heterocycles. The molecule has 2 saturated heterocycles. The van der Waals surface area contributed by atoms with Gasteiger partial charge in [0.2, 0.25) is 5.91 Å². The average Bonchev–Trinajstić information content (AvgIpc) is 3.07. The molecule has 0 aliphatic carbocycles. The molecule has 2 atom stereocenters. The zero-order chi connectivity index (χ0) is 18.5. The predicted molar refractivity (Wildman–Crippen MR) is 96.4 cm³/mol. The quantitative estimate of drug-likeness (QED) is 0.404. The van der Waals surface area contributed by atoms with E-state index in [1.807, 2.05) is 0 Å². The van der Waals surface area contributed by atoms with E-state index in [0.717, 1.165) is 19.3 Å². The molecule has 7 nitrogen and oxygen atoms in total. The first-order valence-corrected chi connectivity index (χ1v) is 12.8. The smallest absolute Gasteiger partial charge is 0.237 e. The Bertz CT molecular complexity index is 664. The number of ether oxygens (including phenoxy) is 1. The number of hydrogen-bond donors (Lipinski definition) is 0. The van der Waals surface area contributed by atoms with E-state index < -0.39 is 19.7 Å². The van der Waals surface area contributed by atoms with Crippen LogP contribution < -0.4 is 0 Å². The van der Waals surface area contributed by atoms with E-state index in [9.17, 15) is 21.6 Å². The van der Waals surface area contributed by atoms with Gasteiger partial charge in [-0.3, -0.25) is 4.79 Å². The van der Waals surface area contributed by atoms with Crippen LogP contribution in [0, 0.1) is 0 Å². The number of carbonyl (C=O) groups excluding carboxylic acids is 1. The first-order valence-electron chi connectivity index (χ1n) is 8.60. The summed E-state index contributed by atoms with van der Waals surface area (Å²) in [6.45, 7) is 0.991. The Morgan fingerprint density at radius 1 is 1.00 bits per heavy atom. The van der Waals surface area contributed by atoms with Crippen LogP contribution in [0.5, 0.6) is 0 Å². The molecule has 0 spiro atoms. The van der Waals surface area contributed by atoms with Gasteiger partial charge in [0, 0.05) is 19.2 Å². The number of nitrogens with zero attached hydrogens (tertiary/aromatic N) is 1. The maximum Gasteiger partial charge on any atom is 0.237 e. The summed E-state index contributed by atoms with van der Waals surface area (Å²) in [5.74, 6) is 0.0988. The summed E-state index contributed by atoms with van der Waals surface area (Å²) in [6, 6.07) is -0.267. The number of sulfone groups is 2. The lowest BCUT2D eigenvalue weighted by molar-refractivity contribution is -0.130. The van der Waals surface area contributed by atoms with Crippen LogP contribution in [0.25, 0.3) is 0 Å². The second kappa shape index (κ2) is 9.01. The Hall–Kier alpha value is -0.380. The standard InChI is InChI=1S/C15H26ClNO6S2/c16-10-15(18)17(13-4-8-24(19,20)11-13)6-2-1-3-7-23-14-5-9-25(21,22)12-14/h13-14H,1-12H2/t13-,14-/m1/s1. The summed E-state index contributed by atoms with van der Waals surface area (Å²) < 4.78 is 51.5. The Morgan fingerprint density at radius 3 is 2.24 bits per heavy atom. The molecular weight excluding hydrogens is 390 g/mol. The first-order chi connectivity index (χ1) is 11.7. The number of carbonyl (C=O) groups is 1. The monoisotopic (exact) mass is 415 g/mol. The van der Waals surface area contributed by atoms with Crippen molar-refractivity contribution in [3.8, 4) is 0 Å². The van der Waals surface area contributed by atoms with Crippen LogP contribution >= 0.6 is 11.6 Å². The minimum atomic E-state index is -3.05. The minimum Gasteiger partial charge on any atom is -0.377 e. The Balaban J connectivity index is 1.66. The molecule has 2 fully saturated rings. The molecule has 146 valence electrons. The van der Waals surface area contributed by atoms with E-state index in [1.54, 1.807) is 4.90 Å². The lowest BCUT2D eigenvalue weighted by atomic mass is 10.1. The maximum atomic E-state index is 12.0. The molecule has 0 N–H and O–H groups in total. The number of rotatable bonds is 9. The highest BCUT2D eigenvalue weighted by Gasteiger charge is 2.34. The summed E-state index contributed by atoms with van der Waals surface area (Å²) >= 11 is 5.64. The van der Waals surface area contributed by atoms with Gasteiger partial charge in [-0.05, 0) is 32.1 Å². The molecule has 0 bridgehead atoms. The van der Waals surface area contributed by atoms with Crippen molar-refractivity contribution >= 4 is 37.2 Å². The second-order valence-electron chi connectivity index (χ2n) is 6.73. The fourth-order valence-corrected chi connectivity index (χ4v) is 6.81. The lowest BCUT2D eigenvalue weighted by Gasteiger charge is -2.27. The highest BCUT2D eigenvalue weighted by Crippen LogP contribution is 2.19. The van der Waals surface area contributed by atoms with Crippen molar-refractivity contribution in [2.45, 2.75) is 44.2 Å². The molecule has 2 aliphatic heterocycles. The van der Waals surface area contributed by atoms with Crippen LogP contribution in [0.1, 0.15) is 32.1 Å². The molecule has 0 aromatic rings. The van der Waals surface area contributed by atoms with E-state index in [-0.39, 0.29) is 46.9 Å². The van der Waals surface area contributed by atoms with Crippen LogP contribution in [0.4, 0.5) is 0 Å². The number of halogens is 1. The molecule has 1 amide bonds. The van der Waals surface area contributed by atoms with Crippen LogP contribution in [0.2, 0.25) is 0 Å². The molecule has 0 unspecified atom stereocenters. The van der Waals surface area contributed by atoms with Gasteiger partial charge in [-0.2, -0.15) is 0 Å². The predicted octanol–water partition coefficient (Wildman–Crippen LogP) is 0.615. The van der Waals surface area contributed by atoms with Crippen molar-refractivity contribution in [2.75, 3.05) is 42.0 Å². The molecule has 0 radical (unpaired) electrons. The van der Waals surface area contributed by atoms with Gasteiger partial charge in [0.15, 0.2) is 19.7 Å². The van der Waals surface area contributed by atoms with Gasteiger partial charge >= 0.3 is 0 Å². The number of amides is 1. The molecule has 2 rings (SSSR count). The third-order valence-electron chi connectivity index (χ3n) is 4.67. The van der Waals surface area contributed by atoms with Crippen molar-refractivity contribution in [1.29, 1.82) is 0 Å². The number of unbranched alkanes of at least 4 members (excludes halogenated alkanes) is 2. The fraction of sp³-hybridized carbons (Fsp3) is 0.933. The van der Waals surface area contributed by atoms with Gasteiger partial charge in [-0.15, -0.1) is 11.6 Å². The van der Waals surface area contributed by atoms with E-state index >= 15 is 0 Å². The van der Waals surface area contributed by atoms with Crippen LogP contribution in [0.15, 0.2) is 0 Å². The third-order valence-corrected chi connectivity index (χ3v) is 8.39. The highest BCUT2D eigenvalue weighted by atomic mass is 35.5. The van der Waals surface area contributed by atoms with Crippen molar-refractivity contribution in [3.63, 3.8) is 0 Å². The van der Waals surface area contributed by atoms with Crippen molar-refractivity contribution < 1.29 is 26.4 Å². The van der Waals surface area contributed by atoms with Crippen molar-refractivity contribution in [2.24, 2.45) is 0 Å². The summed E-state index contributed by atoms with van der Waals surface area (Å²) in [6.07, 6.45) is 3.20. The van der Waals surface area contributed by atoms with E-state index in [4.69, 9.17) is 16.3 Å². The summed E-state index contributed by atoms with van der Waals surface area (Å²) in [5, 5.41) is 0. The normalized spacial score (nSPS) is 27.4. The third kappa shape index (κ3) is 6.69. The van der Waals surface area contributed by atoms with E-state index in [1.165, 1.54) is 0 Å². The molecule has 0 aromatic heterocycles. The molecule has 2 aliphatic rings. The summed E-state index contributed by atoms with van der Waals surface area (Å²) in [7, 11) is -5.96. The average molecular weight is 416 g/mol. The first kappa shape index (κ1) is 20.9. The van der Waals surface area contributed by atoms with Gasteiger partial charge in [-0.25, -0.2) is 16.8 Å². The fourth-order valence-electron chi connectivity index (χ4n) is 3.31. The molecule has 10 heteroatoms. The SMILES string of the molecule is O=C(CCl)N(CCCCCO[C@@H]1CCS(=O)(=O)C1)[C@@H]1CCS(=O)(=O)C1. The topological polar surface area (TPSA) is 97.8 Å². The van der Waals surface area contributed by atoms with Crippen molar-refractivity contribution in [1.82, 2.24) is 4.90 Å². The van der Waals surface area contributed by atoms with E-state index in [0.29, 0.717) is 26.0 Å². The molecule has 0 aromatic carbocycles. The molecule has 25 heavy (non-hydrogen) atoms. The zero-order valence-electron chi connectivity index (χ0n) is 14.2. The van der Waals surface area contributed by atoms with Gasteiger partial charge in [-0.1, -0.05) is 0 Å². The second-order valence-corrected chi connectivity index (χ2v) is 11.5.